The van der Waals surface area contributed by atoms with Crippen molar-refractivity contribution in [1.29, 1.82) is 0 Å². The number of ketones is 1. The van der Waals surface area contributed by atoms with Crippen molar-refractivity contribution in [2.45, 2.75) is 12.8 Å². The maximum absolute atomic E-state index is 12.3. The van der Waals surface area contributed by atoms with E-state index in [2.05, 4.69) is 9.97 Å². The number of ether oxygens (including phenoxy) is 1. The molecule has 1 aromatic heterocycles. The predicted molar refractivity (Wildman–Crippen MR) is 65.7 cm³/mol. The highest BCUT2D eigenvalue weighted by atomic mass is 16.5. The lowest BCUT2D eigenvalue weighted by molar-refractivity contribution is 0.102. The fourth-order valence-electron chi connectivity index (χ4n) is 2.10. The van der Waals surface area contributed by atoms with Gasteiger partial charge in [-0.15, -0.1) is 0 Å². The Morgan fingerprint density at radius 3 is 2.83 bits per heavy atom. The number of aromatic nitrogens is 2. The van der Waals surface area contributed by atoms with Crippen LogP contribution in [0.4, 0.5) is 0 Å². The summed E-state index contributed by atoms with van der Waals surface area (Å²) in [6, 6.07) is 7.33. The second kappa shape index (κ2) is 4.56. The summed E-state index contributed by atoms with van der Waals surface area (Å²) in [6.07, 6.45) is 5.07. The lowest BCUT2D eigenvalue weighted by Gasteiger charge is -2.19. The maximum atomic E-state index is 12.3. The van der Waals surface area contributed by atoms with Gasteiger partial charge in [0.05, 0.1) is 12.2 Å². The van der Waals surface area contributed by atoms with Gasteiger partial charge in [-0.3, -0.25) is 4.79 Å². The number of fused-ring (bicyclic) bond motifs is 1. The number of benzene rings is 1. The maximum Gasteiger partial charge on any atom is 0.233 e. The quantitative estimate of drug-likeness (QED) is 0.754. The zero-order valence-electron chi connectivity index (χ0n) is 9.80. The average Bonchev–Trinajstić information content (AvgIpc) is 2.47. The van der Waals surface area contributed by atoms with Gasteiger partial charge in [0.25, 0.3) is 0 Å². The first-order chi connectivity index (χ1) is 8.86. The zero-order chi connectivity index (χ0) is 12.4. The van der Waals surface area contributed by atoms with Gasteiger partial charge in [-0.1, -0.05) is 12.1 Å². The third-order valence-corrected chi connectivity index (χ3v) is 2.95. The van der Waals surface area contributed by atoms with E-state index in [1.165, 1.54) is 0 Å². The van der Waals surface area contributed by atoms with Crippen molar-refractivity contribution >= 4 is 5.78 Å². The molecule has 0 unspecified atom stereocenters. The van der Waals surface area contributed by atoms with Crippen molar-refractivity contribution < 1.29 is 9.53 Å². The molecule has 0 spiro atoms. The van der Waals surface area contributed by atoms with E-state index in [0.29, 0.717) is 17.9 Å². The standard InChI is InChI=1S/C14H12N2O2/c17-12(14-15-7-3-8-16-14)11-6-1-4-10-5-2-9-18-13(10)11/h1,3-4,6-8H,2,5,9H2. The molecule has 18 heavy (non-hydrogen) atoms. The molecule has 4 heteroatoms. The van der Waals surface area contributed by atoms with Gasteiger partial charge >= 0.3 is 0 Å². The lowest BCUT2D eigenvalue weighted by Crippen LogP contribution is -2.14. The molecule has 0 aliphatic carbocycles. The van der Waals surface area contributed by atoms with Gasteiger partial charge in [0.1, 0.15) is 5.75 Å². The SMILES string of the molecule is O=C(c1ncccn1)c1cccc2c1OCCC2. The van der Waals surface area contributed by atoms with E-state index in [9.17, 15) is 4.79 Å². The Bertz CT molecular complexity index is 582. The van der Waals surface area contributed by atoms with Crippen LogP contribution in [0.1, 0.15) is 28.2 Å². The first kappa shape index (κ1) is 10.9. The highest BCUT2D eigenvalue weighted by Crippen LogP contribution is 2.29. The highest BCUT2D eigenvalue weighted by molar-refractivity contribution is 6.08. The van der Waals surface area contributed by atoms with Gasteiger partial charge in [-0.05, 0) is 30.5 Å². The van der Waals surface area contributed by atoms with Crippen LogP contribution in [0.25, 0.3) is 0 Å². The van der Waals surface area contributed by atoms with Crippen molar-refractivity contribution in [1.82, 2.24) is 9.97 Å². The number of rotatable bonds is 2. The molecule has 0 amide bonds. The van der Waals surface area contributed by atoms with Gasteiger partial charge in [-0.2, -0.15) is 0 Å². The van der Waals surface area contributed by atoms with E-state index in [1.54, 1.807) is 24.5 Å². The van der Waals surface area contributed by atoms with Crippen molar-refractivity contribution in [3.8, 4) is 5.75 Å². The summed E-state index contributed by atoms with van der Waals surface area (Å²) < 4.78 is 5.62. The van der Waals surface area contributed by atoms with Crippen LogP contribution in [0.5, 0.6) is 5.75 Å². The Labute approximate surface area is 105 Å². The molecule has 0 radical (unpaired) electrons. The van der Waals surface area contributed by atoms with Crippen LogP contribution >= 0.6 is 0 Å². The molecule has 90 valence electrons. The summed E-state index contributed by atoms with van der Waals surface area (Å²) in [5, 5.41) is 0. The summed E-state index contributed by atoms with van der Waals surface area (Å²) in [6.45, 7) is 0.660. The predicted octanol–water partition coefficient (Wildman–Crippen LogP) is 2.03. The number of nitrogens with zero attached hydrogens (tertiary/aromatic N) is 2. The molecule has 2 heterocycles. The Hall–Kier alpha value is -2.23. The van der Waals surface area contributed by atoms with Crippen LogP contribution < -0.4 is 4.74 Å². The number of aryl methyl sites for hydroxylation is 1. The summed E-state index contributed by atoms with van der Waals surface area (Å²) in [5.74, 6) is 0.718. The zero-order valence-corrected chi connectivity index (χ0v) is 9.80. The van der Waals surface area contributed by atoms with Gasteiger partial charge < -0.3 is 4.74 Å². The minimum atomic E-state index is -0.186. The van der Waals surface area contributed by atoms with E-state index in [-0.39, 0.29) is 11.6 Å². The summed E-state index contributed by atoms with van der Waals surface area (Å²) in [4.78, 5) is 20.3. The second-order valence-corrected chi connectivity index (χ2v) is 4.15. The van der Waals surface area contributed by atoms with Gasteiger partial charge in [-0.25, -0.2) is 9.97 Å². The van der Waals surface area contributed by atoms with E-state index in [1.807, 2.05) is 12.1 Å². The monoisotopic (exact) mass is 240 g/mol. The second-order valence-electron chi connectivity index (χ2n) is 4.15. The number of hydrogen-bond donors (Lipinski definition) is 0. The first-order valence-electron chi connectivity index (χ1n) is 5.92. The molecule has 3 rings (SSSR count). The van der Waals surface area contributed by atoms with Crippen molar-refractivity contribution in [2.24, 2.45) is 0 Å². The third kappa shape index (κ3) is 1.86. The minimum Gasteiger partial charge on any atom is -0.493 e. The molecule has 0 bridgehead atoms. The molecule has 0 fully saturated rings. The fraction of sp³-hybridized carbons (Fsp3) is 0.214. The molecule has 0 saturated heterocycles. The third-order valence-electron chi connectivity index (χ3n) is 2.95. The largest absolute Gasteiger partial charge is 0.493 e. The van der Waals surface area contributed by atoms with Crippen LogP contribution in [-0.4, -0.2) is 22.4 Å². The number of hydrogen-bond acceptors (Lipinski definition) is 4. The van der Waals surface area contributed by atoms with E-state index in [4.69, 9.17) is 4.74 Å². The molecular weight excluding hydrogens is 228 g/mol. The van der Waals surface area contributed by atoms with Crippen molar-refractivity contribution in [3.63, 3.8) is 0 Å². The average molecular weight is 240 g/mol. The summed E-state index contributed by atoms with van der Waals surface area (Å²) >= 11 is 0. The topological polar surface area (TPSA) is 52.1 Å². The van der Waals surface area contributed by atoms with Gasteiger partial charge in [0.2, 0.25) is 11.6 Å². The molecule has 0 atom stereocenters. The normalized spacial score (nSPS) is 13.6. The Balaban J connectivity index is 2.05. The number of para-hydroxylation sites is 1. The summed E-state index contributed by atoms with van der Waals surface area (Å²) in [7, 11) is 0. The number of carbonyl (C=O) groups excluding carboxylic acids is 1. The lowest BCUT2D eigenvalue weighted by atomic mass is 10.00. The van der Waals surface area contributed by atoms with Crippen LogP contribution in [0.3, 0.4) is 0 Å². The minimum absolute atomic E-state index is 0.186. The van der Waals surface area contributed by atoms with E-state index >= 15 is 0 Å². The molecule has 1 aromatic carbocycles. The van der Waals surface area contributed by atoms with Crippen molar-refractivity contribution in [2.75, 3.05) is 6.61 Å². The van der Waals surface area contributed by atoms with Crippen LogP contribution in [-0.2, 0) is 6.42 Å². The molecule has 0 N–H and O–H groups in total. The Kier molecular flexibility index (Phi) is 2.76. The Morgan fingerprint density at radius 1 is 1.17 bits per heavy atom. The van der Waals surface area contributed by atoms with E-state index in [0.717, 1.165) is 18.4 Å². The number of carbonyl (C=O) groups is 1. The highest BCUT2D eigenvalue weighted by Gasteiger charge is 2.21. The van der Waals surface area contributed by atoms with Crippen LogP contribution in [0, 0.1) is 0 Å². The first-order valence-corrected chi connectivity index (χ1v) is 5.92. The molecule has 0 saturated carbocycles. The van der Waals surface area contributed by atoms with Gasteiger partial charge in [0.15, 0.2) is 0 Å². The van der Waals surface area contributed by atoms with Crippen LogP contribution in [0.15, 0.2) is 36.7 Å². The smallest absolute Gasteiger partial charge is 0.233 e. The fourth-order valence-corrected chi connectivity index (χ4v) is 2.10. The Morgan fingerprint density at radius 2 is 2.00 bits per heavy atom. The van der Waals surface area contributed by atoms with Gasteiger partial charge in [0, 0.05) is 12.4 Å². The molecule has 1 aliphatic rings. The molecule has 1 aliphatic heterocycles. The van der Waals surface area contributed by atoms with Crippen molar-refractivity contribution in [3.05, 3.63) is 53.6 Å². The molecule has 4 nitrogen and oxygen atoms in total. The molecular formula is C14H12N2O2. The summed E-state index contributed by atoms with van der Waals surface area (Å²) in [5.41, 5.74) is 1.64. The molecule has 2 aromatic rings. The van der Waals surface area contributed by atoms with E-state index < -0.39 is 0 Å². The van der Waals surface area contributed by atoms with Crippen LogP contribution in [0.2, 0.25) is 0 Å².